The van der Waals surface area contributed by atoms with Gasteiger partial charge in [0.2, 0.25) is 5.88 Å². The predicted molar refractivity (Wildman–Crippen MR) is 116 cm³/mol. The number of aromatic nitrogens is 2. The van der Waals surface area contributed by atoms with Crippen molar-refractivity contribution in [1.29, 1.82) is 5.41 Å². The lowest BCUT2D eigenvalue weighted by Crippen LogP contribution is -2.30. The van der Waals surface area contributed by atoms with Crippen LogP contribution in [0.2, 0.25) is 5.02 Å². The van der Waals surface area contributed by atoms with Gasteiger partial charge in [0, 0.05) is 29.7 Å². The molecule has 6 heteroatoms. The molecule has 30 heavy (non-hydrogen) atoms. The standard InChI is InChI=1S/C24H20ClN3O2/c25-17-9-6-16(7-10-17)20-21-18-5-2-1-4-15(18)8-11-19(21)30-24-22(20)23(26)28(14-27-24)12-3-13-29/h1-2,4-11,14,20,26,29H,3,12-13H2/t20-/m0/s1. The molecule has 0 aliphatic carbocycles. The molecule has 2 heterocycles. The largest absolute Gasteiger partial charge is 0.438 e. The molecule has 5 nitrogen and oxygen atoms in total. The fraction of sp³-hybridized carbons (Fsp3) is 0.167. The first-order valence-corrected chi connectivity index (χ1v) is 10.2. The summed E-state index contributed by atoms with van der Waals surface area (Å²) in [4.78, 5) is 4.52. The van der Waals surface area contributed by atoms with Crippen LogP contribution in [-0.4, -0.2) is 21.3 Å². The smallest absolute Gasteiger partial charge is 0.228 e. The lowest BCUT2D eigenvalue weighted by molar-refractivity contribution is 0.278. The molecule has 1 aliphatic rings. The van der Waals surface area contributed by atoms with Crippen molar-refractivity contribution in [3.8, 4) is 11.6 Å². The van der Waals surface area contributed by atoms with E-state index in [9.17, 15) is 5.11 Å². The van der Waals surface area contributed by atoms with Gasteiger partial charge >= 0.3 is 0 Å². The molecule has 0 amide bonds. The molecule has 0 unspecified atom stereocenters. The van der Waals surface area contributed by atoms with Crippen molar-refractivity contribution in [1.82, 2.24) is 9.55 Å². The minimum absolute atomic E-state index is 0.0636. The number of hydrogen-bond acceptors (Lipinski definition) is 4. The van der Waals surface area contributed by atoms with E-state index >= 15 is 0 Å². The summed E-state index contributed by atoms with van der Waals surface area (Å²) in [6, 6.07) is 20.0. The molecular formula is C24H20ClN3O2. The molecule has 1 aromatic heterocycles. The number of nitrogens with one attached hydrogen (secondary N) is 1. The second kappa shape index (κ2) is 7.59. The summed E-state index contributed by atoms with van der Waals surface area (Å²) in [6.45, 7) is 0.583. The summed E-state index contributed by atoms with van der Waals surface area (Å²) in [5.74, 6) is 0.984. The minimum Gasteiger partial charge on any atom is -0.438 e. The Morgan fingerprint density at radius 2 is 1.83 bits per heavy atom. The molecule has 1 aliphatic heterocycles. The topological polar surface area (TPSA) is 71.1 Å². The summed E-state index contributed by atoms with van der Waals surface area (Å²) < 4.78 is 7.94. The third-order valence-electron chi connectivity index (χ3n) is 5.56. The third kappa shape index (κ3) is 3.07. The number of aryl methyl sites for hydroxylation is 1. The van der Waals surface area contributed by atoms with Crippen molar-refractivity contribution in [3.05, 3.63) is 94.2 Å². The van der Waals surface area contributed by atoms with Crippen LogP contribution >= 0.6 is 11.6 Å². The van der Waals surface area contributed by atoms with Gasteiger partial charge in [0.25, 0.3) is 0 Å². The molecule has 0 radical (unpaired) electrons. The van der Waals surface area contributed by atoms with E-state index in [-0.39, 0.29) is 12.5 Å². The van der Waals surface area contributed by atoms with Crippen molar-refractivity contribution >= 4 is 22.4 Å². The van der Waals surface area contributed by atoms with E-state index in [4.69, 9.17) is 21.7 Å². The zero-order chi connectivity index (χ0) is 20.7. The van der Waals surface area contributed by atoms with Crippen molar-refractivity contribution in [2.75, 3.05) is 6.61 Å². The highest BCUT2D eigenvalue weighted by Crippen LogP contribution is 2.47. The Hall–Kier alpha value is -3.15. The van der Waals surface area contributed by atoms with E-state index in [1.807, 2.05) is 48.5 Å². The van der Waals surface area contributed by atoms with Gasteiger partial charge in [0.05, 0.1) is 5.56 Å². The zero-order valence-corrected chi connectivity index (χ0v) is 16.9. The van der Waals surface area contributed by atoms with Crippen LogP contribution in [0.1, 0.15) is 29.0 Å². The first-order valence-electron chi connectivity index (χ1n) is 9.87. The van der Waals surface area contributed by atoms with Crippen LogP contribution in [-0.2, 0) is 6.54 Å². The summed E-state index contributed by atoms with van der Waals surface area (Å²) in [6.07, 6.45) is 2.17. The Morgan fingerprint density at radius 1 is 1.03 bits per heavy atom. The highest BCUT2D eigenvalue weighted by atomic mass is 35.5. The van der Waals surface area contributed by atoms with Crippen LogP contribution in [0.15, 0.2) is 67.0 Å². The fourth-order valence-electron chi connectivity index (χ4n) is 4.16. The fourth-order valence-corrected chi connectivity index (χ4v) is 4.28. The predicted octanol–water partition coefficient (Wildman–Crippen LogP) is 4.84. The van der Waals surface area contributed by atoms with Gasteiger partial charge in [-0.05, 0) is 41.0 Å². The normalized spacial score (nSPS) is 14.8. The maximum atomic E-state index is 9.23. The maximum Gasteiger partial charge on any atom is 0.228 e. The van der Waals surface area contributed by atoms with E-state index in [1.165, 1.54) is 0 Å². The average molecular weight is 418 g/mol. The van der Waals surface area contributed by atoms with Gasteiger partial charge < -0.3 is 14.4 Å². The molecule has 0 fully saturated rings. The van der Waals surface area contributed by atoms with E-state index in [0.29, 0.717) is 29.4 Å². The molecule has 0 spiro atoms. The highest BCUT2D eigenvalue weighted by molar-refractivity contribution is 6.30. The van der Waals surface area contributed by atoms with Crippen LogP contribution in [0.25, 0.3) is 10.8 Å². The minimum atomic E-state index is -0.214. The number of halogens is 1. The van der Waals surface area contributed by atoms with Crippen LogP contribution < -0.4 is 10.2 Å². The molecule has 0 saturated carbocycles. The van der Waals surface area contributed by atoms with Crippen molar-refractivity contribution in [2.24, 2.45) is 0 Å². The van der Waals surface area contributed by atoms with Crippen LogP contribution in [0.4, 0.5) is 0 Å². The molecule has 0 bridgehead atoms. The summed E-state index contributed by atoms with van der Waals surface area (Å²) in [5, 5.41) is 21.0. The average Bonchev–Trinajstić information content (AvgIpc) is 2.78. The summed E-state index contributed by atoms with van der Waals surface area (Å²) >= 11 is 6.16. The van der Waals surface area contributed by atoms with Crippen LogP contribution in [0.3, 0.4) is 0 Å². The first-order chi connectivity index (χ1) is 14.7. The lowest BCUT2D eigenvalue weighted by atomic mass is 9.81. The second-order valence-electron chi connectivity index (χ2n) is 7.37. The van der Waals surface area contributed by atoms with Gasteiger partial charge in [-0.3, -0.25) is 5.41 Å². The number of benzene rings is 3. The number of hydrogen-bond donors (Lipinski definition) is 2. The Labute approximate surface area is 178 Å². The Morgan fingerprint density at radius 3 is 2.63 bits per heavy atom. The van der Waals surface area contributed by atoms with Gasteiger partial charge in [-0.15, -0.1) is 0 Å². The van der Waals surface area contributed by atoms with Gasteiger partial charge in [0.1, 0.15) is 17.6 Å². The monoisotopic (exact) mass is 417 g/mol. The Balaban J connectivity index is 1.81. The molecule has 4 aromatic rings. The summed E-state index contributed by atoms with van der Waals surface area (Å²) in [7, 11) is 0. The number of fused-ring (bicyclic) bond motifs is 4. The van der Waals surface area contributed by atoms with Crippen molar-refractivity contribution in [2.45, 2.75) is 18.9 Å². The Bertz CT molecular complexity index is 1300. The third-order valence-corrected chi connectivity index (χ3v) is 5.81. The van der Waals surface area contributed by atoms with Crippen molar-refractivity contribution < 1.29 is 9.84 Å². The van der Waals surface area contributed by atoms with E-state index < -0.39 is 0 Å². The van der Waals surface area contributed by atoms with Gasteiger partial charge in [0.15, 0.2) is 0 Å². The van der Waals surface area contributed by atoms with E-state index in [0.717, 1.165) is 33.2 Å². The number of rotatable bonds is 4. The maximum absolute atomic E-state index is 9.23. The molecular weight excluding hydrogens is 398 g/mol. The van der Waals surface area contributed by atoms with Crippen LogP contribution in [0.5, 0.6) is 11.6 Å². The molecule has 2 N–H and O–H groups in total. The quantitative estimate of drug-likeness (QED) is 0.439. The number of nitrogens with zero attached hydrogens (tertiary/aromatic N) is 2. The molecule has 5 rings (SSSR count). The van der Waals surface area contributed by atoms with Crippen LogP contribution in [0, 0.1) is 5.41 Å². The van der Waals surface area contributed by atoms with Gasteiger partial charge in [-0.25, -0.2) is 4.98 Å². The first kappa shape index (κ1) is 18.9. The van der Waals surface area contributed by atoms with Gasteiger partial charge in [-0.2, -0.15) is 0 Å². The van der Waals surface area contributed by atoms with Gasteiger partial charge in [-0.1, -0.05) is 54.1 Å². The van der Waals surface area contributed by atoms with E-state index in [2.05, 4.69) is 17.1 Å². The number of ether oxygens (including phenoxy) is 1. The molecule has 150 valence electrons. The molecule has 1 atom stereocenters. The second-order valence-corrected chi connectivity index (χ2v) is 7.80. The SMILES string of the molecule is N=c1c2c(ncn1CCCO)Oc1ccc3ccccc3c1[C@@H]2c1ccc(Cl)cc1. The van der Waals surface area contributed by atoms with Crippen molar-refractivity contribution in [3.63, 3.8) is 0 Å². The Kier molecular flexibility index (Phi) is 4.77. The summed E-state index contributed by atoms with van der Waals surface area (Å²) in [5.41, 5.74) is 3.11. The molecule has 0 saturated heterocycles. The lowest BCUT2D eigenvalue weighted by Gasteiger charge is -2.29. The number of aliphatic hydroxyl groups is 1. The number of aliphatic hydroxyl groups excluding tert-OH is 1. The van der Waals surface area contributed by atoms with E-state index in [1.54, 1.807) is 10.9 Å². The zero-order valence-electron chi connectivity index (χ0n) is 16.2. The highest BCUT2D eigenvalue weighted by Gasteiger charge is 2.33. The molecule has 3 aromatic carbocycles.